The van der Waals surface area contributed by atoms with Crippen LogP contribution in [0.2, 0.25) is 0 Å². The number of benzene rings is 13. The van der Waals surface area contributed by atoms with E-state index in [1.807, 2.05) is 84.9 Å². The Kier molecular flexibility index (Phi) is 13.5. The Balaban J connectivity index is 0.925. The fraction of sp³-hybridized carbons (Fsp3) is 0.0238. The van der Waals surface area contributed by atoms with E-state index in [1.54, 1.807) is 12.1 Å². The summed E-state index contributed by atoms with van der Waals surface area (Å²) >= 11 is 0. The fourth-order valence-corrected chi connectivity index (χ4v) is 13.7. The van der Waals surface area contributed by atoms with Crippen molar-refractivity contribution in [2.45, 2.75) is 10.8 Å². The van der Waals surface area contributed by atoms with Crippen LogP contribution < -0.4 is 14.4 Å². The van der Waals surface area contributed by atoms with Crippen LogP contribution in [-0.4, -0.2) is 0 Å². The van der Waals surface area contributed by atoms with Gasteiger partial charge >= 0.3 is 0 Å². The minimum atomic E-state index is -0.869. The third-order valence-corrected chi connectivity index (χ3v) is 17.8. The van der Waals surface area contributed by atoms with Crippen molar-refractivity contribution in [2.24, 2.45) is 0 Å². The van der Waals surface area contributed by atoms with Crippen LogP contribution in [-0.2, 0) is 10.8 Å². The third kappa shape index (κ3) is 9.13. The normalized spacial score (nSPS) is 15.1. The monoisotopic (exact) mass is 1130 g/mol. The molecule has 2 unspecified atom stereocenters. The molecule has 0 N–H and O–H groups in total. The molecule has 0 aromatic heterocycles. The molecule has 0 amide bonds. The van der Waals surface area contributed by atoms with Crippen LogP contribution in [0.25, 0.3) is 56.7 Å². The van der Waals surface area contributed by atoms with Gasteiger partial charge in [0.1, 0.15) is 28.8 Å². The van der Waals surface area contributed by atoms with Crippen molar-refractivity contribution < 1.29 is 13.9 Å². The van der Waals surface area contributed by atoms with Crippen LogP contribution in [0.3, 0.4) is 0 Å². The van der Waals surface area contributed by atoms with E-state index < -0.39 is 10.8 Å². The SMILES string of the molecule is C=Cc1ccc(Oc2ccc(C3(c4ccccc4)c4ccccc4-c4ccc(N(c5ccc(-c6cccc(-c7ccccc7)c6)cc5)c5ccc6c(c5)C(c5ccc(F)cc5)(c5ccc(Oc7ccc(C=C)cc7)cc5)c5ccccc5-6)cc43)cc2)cc1. The van der Waals surface area contributed by atoms with E-state index in [2.05, 4.69) is 249 Å². The zero-order valence-corrected chi connectivity index (χ0v) is 48.2. The second-order valence-corrected chi connectivity index (χ2v) is 22.6. The van der Waals surface area contributed by atoms with E-state index in [0.29, 0.717) is 5.75 Å². The maximum Gasteiger partial charge on any atom is 0.127 e. The molecule has 2 aliphatic carbocycles. The average Bonchev–Trinajstić information content (AvgIpc) is 1.56. The molecule has 0 fully saturated rings. The summed E-state index contributed by atoms with van der Waals surface area (Å²) in [7, 11) is 0. The standard InChI is InChI=1S/C84H58FNO2/c1-3-57-26-44-71(45-27-57)87-73-48-34-65(35-49-73)83(63-20-9-6-10-21-63)79-24-13-11-22-75(79)77-52-42-69(55-81(77)83)86(68-40-30-60(31-41-68)62-19-15-18-61(54-62)59-16-7-5-8-17-59)70-43-53-78-76-23-12-14-25-80(76)84(82(78)56-70,64-32-38-67(85)39-33-64)66-36-50-74(51-37-66)88-72-46-28-58(4-2)29-47-72/h3-56H,1-2H2. The summed E-state index contributed by atoms with van der Waals surface area (Å²) < 4.78 is 28.3. The van der Waals surface area contributed by atoms with Crippen molar-refractivity contribution in [1.29, 1.82) is 0 Å². The van der Waals surface area contributed by atoms with Crippen LogP contribution in [0.15, 0.2) is 329 Å². The highest BCUT2D eigenvalue weighted by Crippen LogP contribution is 2.60. The smallest absolute Gasteiger partial charge is 0.127 e. The van der Waals surface area contributed by atoms with Gasteiger partial charge in [-0.3, -0.25) is 0 Å². The molecule has 2 atom stereocenters. The van der Waals surface area contributed by atoms with Gasteiger partial charge in [0, 0.05) is 17.1 Å². The van der Waals surface area contributed by atoms with Crippen LogP contribution >= 0.6 is 0 Å². The number of fused-ring (bicyclic) bond motifs is 6. The number of nitrogens with zero attached hydrogens (tertiary/aromatic N) is 1. The fourth-order valence-electron chi connectivity index (χ4n) is 13.7. The number of rotatable bonds is 15. The molecule has 418 valence electrons. The average molecular weight is 1130 g/mol. The molecule has 0 saturated carbocycles. The van der Waals surface area contributed by atoms with Crippen LogP contribution in [0.5, 0.6) is 23.0 Å². The highest BCUT2D eigenvalue weighted by molar-refractivity contribution is 5.93. The number of hydrogen-bond acceptors (Lipinski definition) is 3. The Morgan fingerprint density at radius 1 is 0.284 bits per heavy atom. The van der Waals surface area contributed by atoms with Crippen molar-refractivity contribution >= 4 is 29.2 Å². The van der Waals surface area contributed by atoms with Gasteiger partial charge in [0.2, 0.25) is 0 Å². The molecule has 0 spiro atoms. The first-order chi connectivity index (χ1) is 43.4. The summed E-state index contributed by atoms with van der Waals surface area (Å²) in [5.74, 6) is 2.64. The van der Waals surface area contributed by atoms with Gasteiger partial charge < -0.3 is 14.4 Å². The first kappa shape index (κ1) is 53.4. The third-order valence-electron chi connectivity index (χ3n) is 17.8. The van der Waals surface area contributed by atoms with Gasteiger partial charge in [0.25, 0.3) is 0 Å². The Morgan fingerprint density at radius 3 is 1.09 bits per heavy atom. The Morgan fingerprint density at radius 2 is 0.636 bits per heavy atom. The van der Waals surface area contributed by atoms with Crippen LogP contribution in [0.4, 0.5) is 21.5 Å². The van der Waals surface area contributed by atoms with Crippen molar-refractivity contribution in [3.8, 4) is 67.5 Å². The molecule has 13 aromatic rings. The molecule has 0 bridgehead atoms. The molecule has 0 saturated heterocycles. The molecule has 88 heavy (non-hydrogen) atoms. The number of ether oxygens (including phenoxy) is 2. The lowest BCUT2D eigenvalue weighted by atomic mass is 9.67. The van der Waals surface area contributed by atoms with Gasteiger partial charge in [-0.25, -0.2) is 4.39 Å². The Bertz CT molecular complexity index is 4730. The summed E-state index contributed by atoms with van der Waals surface area (Å²) in [5, 5.41) is 0. The molecule has 0 aliphatic heterocycles. The lowest BCUT2D eigenvalue weighted by molar-refractivity contribution is 0.482. The second kappa shape index (κ2) is 22.3. The molecule has 0 heterocycles. The highest BCUT2D eigenvalue weighted by atomic mass is 19.1. The van der Waals surface area contributed by atoms with Crippen LogP contribution in [0.1, 0.15) is 55.6 Å². The highest BCUT2D eigenvalue weighted by Gasteiger charge is 2.48. The Labute approximate surface area is 513 Å². The lowest BCUT2D eigenvalue weighted by Crippen LogP contribution is -2.29. The van der Waals surface area contributed by atoms with E-state index in [-0.39, 0.29) is 5.82 Å². The maximum atomic E-state index is 15.3. The number of hydrogen-bond donors (Lipinski definition) is 0. The molecule has 2 aliphatic rings. The zero-order chi connectivity index (χ0) is 59.2. The molecule has 13 aromatic carbocycles. The predicted octanol–water partition coefficient (Wildman–Crippen LogP) is 22.2. The van der Waals surface area contributed by atoms with E-state index in [4.69, 9.17) is 9.47 Å². The minimum absolute atomic E-state index is 0.295. The molecule has 3 nitrogen and oxygen atoms in total. The van der Waals surface area contributed by atoms with Crippen molar-refractivity contribution in [3.05, 3.63) is 390 Å². The van der Waals surface area contributed by atoms with Crippen molar-refractivity contribution in [3.63, 3.8) is 0 Å². The molecule has 15 rings (SSSR count). The van der Waals surface area contributed by atoms with E-state index in [1.165, 1.54) is 27.8 Å². The maximum absolute atomic E-state index is 15.3. The summed E-state index contributed by atoms with van der Waals surface area (Å²) in [6.45, 7) is 7.85. The summed E-state index contributed by atoms with van der Waals surface area (Å²) in [4.78, 5) is 2.41. The van der Waals surface area contributed by atoms with E-state index in [0.717, 1.165) is 107 Å². The first-order valence-electron chi connectivity index (χ1n) is 29.8. The van der Waals surface area contributed by atoms with Gasteiger partial charge in [-0.15, -0.1) is 0 Å². The zero-order valence-electron chi connectivity index (χ0n) is 48.2. The van der Waals surface area contributed by atoms with Gasteiger partial charge in [-0.2, -0.15) is 0 Å². The topological polar surface area (TPSA) is 21.7 Å². The summed E-state index contributed by atoms with van der Waals surface area (Å²) in [5.41, 5.74) is 21.3. The quantitative estimate of drug-likeness (QED) is 0.102. The van der Waals surface area contributed by atoms with Crippen LogP contribution in [0, 0.1) is 5.82 Å². The van der Waals surface area contributed by atoms with Crippen molar-refractivity contribution in [2.75, 3.05) is 4.90 Å². The van der Waals surface area contributed by atoms with E-state index in [9.17, 15) is 0 Å². The van der Waals surface area contributed by atoms with Gasteiger partial charge in [-0.05, 0) is 203 Å². The second-order valence-electron chi connectivity index (χ2n) is 22.6. The summed E-state index contributed by atoms with van der Waals surface area (Å²) in [6.07, 6.45) is 3.66. The van der Waals surface area contributed by atoms with Crippen molar-refractivity contribution in [1.82, 2.24) is 0 Å². The molecule has 4 heteroatoms. The first-order valence-corrected chi connectivity index (χ1v) is 29.8. The minimum Gasteiger partial charge on any atom is -0.457 e. The Hall–Kier alpha value is -11.3. The van der Waals surface area contributed by atoms with Gasteiger partial charge in [0.05, 0.1) is 10.8 Å². The lowest BCUT2D eigenvalue weighted by Gasteiger charge is -2.36. The number of halogens is 1. The van der Waals surface area contributed by atoms with Gasteiger partial charge in [-0.1, -0.05) is 238 Å². The predicted molar refractivity (Wildman–Crippen MR) is 360 cm³/mol. The molecule has 0 radical (unpaired) electrons. The van der Waals surface area contributed by atoms with Gasteiger partial charge in [0.15, 0.2) is 0 Å². The number of anilines is 3. The van der Waals surface area contributed by atoms with E-state index >= 15 is 4.39 Å². The molecular formula is C84H58FNO2. The summed E-state index contributed by atoms with van der Waals surface area (Å²) in [6, 6.07) is 111. The molecular weight excluding hydrogens is 1070 g/mol. The largest absolute Gasteiger partial charge is 0.457 e.